The van der Waals surface area contributed by atoms with Crippen molar-refractivity contribution in [2.75, 3.05) is 11.5 Å². The first-order valence-corrected chi connectivity index (χ1v) is 7.19. The number of carboxylic acid groups (broad SMARTS) is 1. The number of halogens is 1. The molecule has 0 aliphatic carbocycles. The number of thioether (sulfide) groups is 1. The van der Waals surface area contributed by atoms with Crippen molar-refractivity contribution in [3.63, 3.8) is 0 Å². The van der Waals surface area contributed by atoms with E-state index in [9.17, 15) is 9.90 Å². The molecule has 1 aliphatic heterocycles. The van der Waals surface area contributed by atoms with Crippen molar-refractivity contribution in [3.8, 4) is 0 Å². The lowest BCUT2D eigenvalue weighted by molar-refractivity contribution is 0.0688. The van der Waals surface area contributed by atoms with Gasteiger partial charge in [-0.2, -0.15) is 11.8 Å². The number of rotatable bonds is 2. The van der Waals surface area contributed by atoms with Crippen LogP contribution in [0.15, 0.2) is 18.2 Å². The number of imidazole rings is 1. The molecule has 1 N–H and O–H groups in total. The Morgan fingerprint density at radius 1 is 1.56 bits per heavy atom. The summed E-state index contributed by atoms with van der Waals surface area (Å²) in [7, 11) is 0. The lowest BCUT2D eigenvalue weighted by Gasteiger charge is -2.09. The van der Waals surface area contributed by atoms with Gasteiger partial charge >= 0.3 is 5.97 Å². The second kappa shape index (κ2) is 4.48. The fraction of sp³-hybridized carbons (Fsp3) is 0.333. The summed E-state index contributed by atoms with van der Waals surface area (Å²) in [5.74, 6) is 2.17. The van der Waals surface area contributed by atoms with Gasteiger partial charge in [-0.1, -0.05) is 17.7 Å². The first-order chi connectivity index (χ1) is 8.68. The maximum absolute atomic E-state index is 11.3. The third-order valence-corrected chi connectivity index (χ3v) is 4.60. The molecule has 0 spiro atoms. The molecular weight excluding hydrogens is 272 g/mol. The molecule has 1 atom stereocenters. The molecule has 2 aromatic heterocycles. The van der Waals surface area contributed by atoms with E-state index in [0.717, 1.165) is 23.8 Å². The van der Waals surface area contributed by atoms with Crippen LogP contribution >= 0.6 is 23.4 Å². The van der Waals surface area contributed by atoms with Crippen LogP contribution in [0, 0.1) is 0 Å². The summed E-state index contributed by atoms with van der Waals surface area (Å²) in [6.45, 7) is 0. The van der Waals surface area contributed by atoms with Gasteiger partial charge in [-0.25, -0.2) is 9.78 Å². The van der Waals surface area contributed by atoms with E-state index in [1.807, 2.05) is 11.8 Å². The van der Waals surface area contributed by atoms with Crippen LogP contribution in [0.4, 0.5) is 0 Å². The Labute approximate surface area is 113 Å². The highest BCUT2D eigenvalue weighted by Gasteiger charge is 2.25. The zero-order valence-electron chi connectivity index (χ0n) is 9.47. The minimum absolute atomic E-state index is 0.221. The van der Waals surface area contributed by atoms with Crippen LogP contribution in [-0.2, 0) is 0 Å². The summed E-state index contributed by atoms with van der Waals surface area (Å²) in [6, 6.07) is 5.08. The highest BCUT2D eigenvalue weighted by Crippen LogP contribution is 2.34. The average Bonchev–Trinajstić information content (AvgIpc) is 2.97. The van der Waals surface area contributed by atoms with Crippen molar-refractivity contribution in [2.45, 2.75) is 12.3 Å². The Bertz CT molecular complexity index is 620. The molecule has 4 nitrogen and oxygen atoms in total. The molecule has 0 saturated carbocycles. The summed E-state index contributed by atoms with van der Waals surface area (Å²) in [5.41, 5.74) is 0.891. The Hall–Kier alpha value is -1.20. The molecule has 2 aromatic rings. The summed E-state index contributed by atoms with van der Waals surface area (Å²) in [5, 5.41) is 9.64. The van der Waals surface area contributed by atoms with Gasteiger partial charge in [0, 0.05) is 11.7 Å². The van der Waals surface area contributed by atoms with Gasteiger partial charge in [-0.15, -0.1) is 0 Å². The van der Waals surface area contributed by atoms with E-state index in [0.29, 0.717) is 10.7 Å². The van der Waals surface area contributed by atoms with Crippen molar-refractivity contribution >= 4 is 34.8 Å². The van der Waals surface area contributed by atoms with Crippen LogP contribution in [0.25, 0.3) is 5.52 Å². The van der Waals surface area contributed by atoms with Crippen molar-refractivity contribution < 1.29 is 9.90 Å². The highest BCUT2D eigenvalue weighted by molar-refractivity contribution is 7.99. The monoisotopic (exact) mass is 282 g/mol. The third kappa shape index (κ3) is 1.78. The molecule has 3 rings (SSSR count). The number of aromatic nitrogens is 2. The van der Waals surface area contributed by atoms with Crippen molar-refractivity contribution in [2.24, 2.45) is 0 Å². The van der Waals surface area contributed by atoms with Crippen LogP contribution in [0.5, 0.6) is 0 Å². The standard InChI is InChI=1S/C12H11ClN2O2S/c13-10-8-2-1-3-9(12(16)17)15(8)11(14-10)7-4-5-18-6-7/h1-3,7H,4-6H2,(H,16,17). The quantitative estimate of drug-likeness (QED) is 0.920. The van der Waals surface area contributed by atoms with E-state index >= 15 is 0 Å². The Morgan fingerprint density at radius 3 is 3.06 bits per heavy atom. The smallest absolute Gasteiger partial charge is 0.352 e. The number of hydrogen-bond donors (Lipinski definition) is 1. The molecule has 1 unspecified atom stereocenters. The number of carbonyl (C=O) groups is 1. The van der Waals surface area contributed by atoms with Gasteiger partial charge in [0.05, 0.1) is 5.52 Å². The van der Waals surface area contributed by atoms with Gasteiger partial charge in [0.15, 0.2) is 5.15 Å². The topological polar surface area (TPSA) is 54.6 Å². The van der Waals surface area contributed by atoms with Crippen molar-refractivity contribution in [3.05, 3.63) is 34.9 Å². The SMILES string of the molecule is O=C(O)c1cccc2c(Cl)nc(C3CCSC3)n12. The first-order valence-electron chi connectivity index (χ1n) is 5.66. The van der Waals surface area contributed by atoms with E-state index < -0.39 is 5.97 Å². The Balaban J connectivity index is 2.27. The number of carboxylic acids is 1. The van der Waals surface area contributed by atoms with Gasteiger partial charge in [0.1, 0.15) is 11.5 Å². The molecule has 1 fully saturated rings. The molecular formula is C12H11ClN2O2S. The number of nitrogens with zero attached hydrogens (tertiary/aromatic N) is 2. The molecule has 6 heteroatoms. The zero-order chi connectivity index (χ0) is 12.7. The summed E-state index contributed by atoms with van der Waals surface area (Å²) in [6.07, 6.45) is 1.02. The van der Waals surface area contributed by atoms with E-state index in [-0.39, 0.29) is 11.6 Å². The molecule has 0 aromatic carbocycles. The molecule has 0 amide bonds. The van der Waals surface area contributed by atoms with E-state index in [1.54, 1.807) is 22.6 Å². The highest BCUT2D eigenvalue weighted by atomic mass is 35.5. The molecule has 1 aliphatic rings. The predicted octanol–water partition coefficient (Wildman–Crippen LogP) is 2.91. The van der Waals surface area contributed by atoms with Crippen LogP contribution < -0.4 is 0 Å². The zero-order valence-corrected chi connectivity index (χ0v) is 11.0. The van der Waals surface area contributed by atoms with Crippen LogP contribution in [-0.4, -0.2) is 32.0 Å². The van der Waals surface area contributed by atoms with Gasteiger partial charge in [0.2, 0.25) is 0 Å². The molecule has 3 heterocycles. The van der Waals surface area contributed by atoms with Crippen molar-refractivity contribution in [1.29, 1.82) is 0 Å². The van der Waals surface area contributed by atoms with Crippen LogP contribution in [0.3, 0.4) is 0 Å². The normalized spacial score (nSPS) is 19.5. The minimum atomic E-state index is -0.957. The maximum atomic E-state index is 11.3. The Kier molecular flexibility index (Phi) is 2.95. The minimum Gasteiger partial charge on any atom is -0.477 e. The average molecular weight is 283 g/mol. The summed E-state index contributed by atoms with van der Waals surface area (Å²) < 4.78 is 1.68. The molecule has 94 valence electrons. The van der Waals surface area contributed by atoms with E-state index in [1.165, 1.54) is 0 Å². The fourth-order valence-electron chi connectivity index (χ4n) is 2.30. The number of fused-ring (bicyclic) bond motifs is 1. The second-order valence-corrected chi connectivity index (χ2v) is 5.77. The number of hydrogen-bond acceptors (Lipinski definition) is 3. The predicted molar refractivity (Wildman–Crippen MR) is 71.8 cm³/mol. The van der Waals surface area contributed by atoms with Crippen molar-refractivity contribution in [1.82, 2.24) is 9.38 Å². The van der Waals surface area contributed by atoms with Gasteiger partial charge in [-0.05, 0) is 24.3 Å². The molecule has 1 saturated heterocycles. The molecule has 0 radical (unpaired) electrons. The lowest BCUT2D eigenvalue weighted by Crippen LogP contribution is -2.10. The maximum Gasteiger partial charge on any atom is 0.352 e. The number of aromatic carboxylic acids is 1. The lowest BCUT2D eigenvalue weighted by atomic mass is 10.1. The van der Waals surface area contributed by atoms with E-state index in [4.69, 9.17) is 11.6 Å². The second-order valence-electron chi connectivity index (χ2n) is 4.26. The van der Waals surface area contributed by atoms with Gasteiger partial charge < -0.3 is 5.11 Å². The Morgan fingerprint density at radius 2 is 2.39 bits per heavy atom. The first kappa shape index (κ1) is 11.9. The van der Waals surface area contributed by atoms with Crippen LogP contribution in [0.2, 0.25) is 5.15 Å². The fourth-order valence-corrected chi connectivity index (χ4v) is 3.76. The molecule has 0 bridgehead atoms. The summed E-state index contributed by atoms with van der Waals surface area (Å²) in [4.78, 5) is 15.7. The largest absolute Gasteiger partial charge is 0.477 e. The van der Waals surface area contributed by atoms with Gasteiger partial charge in [0.25, 0.3) is 0 Å². The number of pyridine rings is 1. The van der Waals surface area contributed by atoms with Crippen LogP contribution in [0.1, 0.15) is 28.7 Å². The van der Waals surface area contributed by atoms with Gasteiger partial charge in [-0.3, -0.25) is 4.40 Å². The third-order valence-electron chi connectivity index (χ3n) is 3.16. The van der Waals surface area contributed by atoms with E-state index in [2.05, 4.69) is 4.98 Å². The molecule has 18 heavy (non-hydrogen) atoms. The summed E-state index contributed by atoms with van der Waals surface area (Å²) >= 11 is 7.97.